The molecular weight excluding hydrogens is 264 g/mol. The number of amides is 4. The molecule has 4 amide bonds. The molecule has 0 radical (unpaired) electrons. The van der Waals surface area contributed by atoms with Gasteiger partial charge < -0.3 is 8.97 Å². The zero-order valence-corrected chi connectivity index (χ0v) is 11.8. The minimum atomic E-state index is -0.279. The normalized spacial score (nSPS) is 25.1. The third-order valence-electron chi connectivity index (χ3n) is 3.84. The van der Waals surface area contributed by atoms with E-state index in [2.05, 4.69) is 10.6 Å². The van der Waals surface area contributed by atoms with Gasteiger partial charge in [0, 0.05) is 0 Å². The zero-order valence-electron chi connectivity index (χ0n) is 11.8. The smallest absolute Gasteiger partial charge is 0.281 e. The standard InChI is InChI=1S/C12H18N4O4/c1-15(5-9(17)13-10(18)6-15)3-4-16(2)7-11(19)14-12(20)8-16/h3-8H2,1-2H3/p+2. The molecule has 20 heavy (non-hydrogen) atoms. The number of likely N-dealkylation sites (N-methyl/N-ethyl adjacent to an activating group) is 2. The van der Waals surface area contributed by atoms with Crippen LogP contribution in [0.25, 0.3) is 0 Å². The molecule has 8 heteroatoms. The lowest BCUT2D eigenvalue weighted by Gasteiger charge is -2.41. The van der Waals surface area contributed by atoms with E-state index in [-0.39, 0.29) is 49.8 Å². The molecule has 0 aromatic heterocycles. The monoisotopic (exact) mass is 284 g/mol. The van der Waals surface area contributed by atoms with Crippen molar-refractivity contribution >= 4 is 23.6 Å². The highest BCUT2D eigenvalue weighted by Crippen LogP contribution is 2.11. The van der Waals surface area contributed by atoms with Crippen molar-refractivity contribution in [2.45, 2.75) is 0 Å². The number of hydrogen-bond donors (Lipinski definition) is 2. The van der Waals surface area contributed by atoms with Crippen molar-refractivity contribution in [3.05, 3.63) is 0 Å². The lowest BCUT2D eigenvalue weighted by molar-refractivity contribution is -0.951. The van der Waals surface area contributed by atoms with Gasteiger partial charge >= 0.3 is 0 Å². The van der Waals surface area contributed by atoms with Gasteiger partial charge in [0.2, 0.25) is 0 Å². The first kappa shape index (κ1) is 14.6. The quantitative estimate of drug-likeness (QED) is 0.432. The fraction of sp³-hybridized carbons (Fsp3) is 0.667. The van der Waals surface area contributed by atoms with Crippen LogP contribution in [-0.4, -0.2) is 86.0 Å². The van der Waals surface area contributed by atoms with E-state index in [9.17, 15) is 19.2 Å². The van der Waals surface area contributed by atoms with Crippen LogP contribution in [0.5, 0.6) is 0 Å². The highest BCUT2D eigenvalue weighted by Gasteiger charge is 2.40. The number of nitrogens with zero attached hydrogens (tertiary/aromatic N) is 2. The minimum absolute atomic E-state index is 0.242. The summed E-state index contributed by atoms with van der Waals surface area (Å²) in [6.45, 7) is 2.10. The highest BCUT2D eigenvalue weighted by molar-refractivity contribution is 5.98. The molecule has 0 atom stereocenters. The van der Waals surface area contributed by atoms with E-state index in [1.54, 1.807) is 0 Å². The summed E-state index contributed by atoms with van der Waals surface area (Å²) in [7, 11) is 3.68. The van der Waals surface area contributed by atoms with Gasteiger partial charge in [-0.15, -0.1) is 0 Å². The summed E-state index contributed by atoms with van der Waals surface area (Å²) in [5.41, 5.74) is 0. The summed E-state index contributed by atoms with van der Waals surface area (Å²) < 4.78 is 0.628. The van der Waals surface area contributed by atoms with Crippen molar-refractivity contribution in [2.75, 3.05) is 53.4 Å². The molecule has 110 valence electrons. The predicted octanol–water partition coefficient (Wildman–Crippen LogP) is -2.81. The van der Waals surface area contributed by atoms with Gasteiger partial charge in [0.05, 0.1) is 14.1 Å². The Balaban J connectivity index is 2.00. The fourth-order valence-corrected chi connectivity index (χ4v) is 2.77. The Morgan fingerprint density at radius 2 is 0.950 bits per heavy atom. The van der Waals surface area contributed by atoms with Crippen molar-refractivity contribution < 1.29 is 28.1 Å². The van der Waals surface area contributed by atoms with Crippen LogP contribution in [0.1, 0.15) is 0 Å². The first-order valence-corrected chi connectivity index (χ1v) is 6.52. The average molecular weight is 284 g/mol. The number of piperazine rings is 2. The lowest BCUT2D eigenvalue weighted by atomic mass is 10.2. The van der Waals surface area contributed by atoms with Crippen molar-refractivity contribution in [1.82, 2.24) is 10.6 Å². The van der Waals surface area contributed by atoms with Crippen LogP contribution in [0, 0.1) is 0 Å². The summed E-state index contributed by atoms with van der Waals surface area (Å²) >= 11 is 0. The van der Waals surface area contributed by atoms with Crippen LogP contribution in [-0.2, 0) is 19.2 Å². The Morgan fingerprint density at radius 3 is 1.20 bits per heavy atom. The summed E-state index contributed by atoms with van der Waals surface area (Å²) in [6, 6.07) is 0. The number of hydrogen-bond acceptors (Lipinski definition) is 4. The van der Waals surface area contributed by atoms with E-state index in [1.165, 1.54) is 0 Å². The molecule has 8 nitrogen and oxygen atoms in total. The Labute approximate surface area is 116 Å². The van der Waals surface area contributed by atoms with Gasteiger partial charge in [0.15, 0.2) is 26.2 Å². The molecule has 0 bridgehead atoms. The Morgan fingerprint density at radius 1 is 0.700 bits per heavy atom. The molecular formula is C12H20N4O4+2. The van der Waals surface area contributed by atoms with E-state index in [4.69, 9.17) is 0 Å². The maximum absolute atomic E-state index is 11.5. The van der Waals surface area contributed by atoms with Gasteiger partial charge in [-0.2, -0.15) is 0 Å². The maximum Gasteiger partial charge on any atom is 0.281 e. The zero-order chi connectivity index (χ0) is 15.0. The van der Waals surface area contributed by atoms with E-state index in [0.29, 0.717) is 22.1 Å². The average Bonchev–Trinajstić information content (AvgIpc) is 2.23. The van der Waals surface area contributed by atoms with Crippen molar-refractivity contribution in [3.8, 4) is 0 Å². The molecule has 2 rings (SSSR count). The molecule has 0 aromatic carbocycles. The number of nitrogens with one attached hydrogen (secondary N) is 2. The van der Waals surface area contributed by atoms with Crippen LogP contribution in [0.3, 0.4) is 0 Å². The van der Waals surface area contributed by atoms with Gasteiger partial charge in [-0.05, 0) is 0 Å². The molecule has 2 fully saturated rings. The minimum Gasteiger partial charge on any atom is -0.306 e. The van der Waals surface area contributed by atoms with Crippen LogP contribution >= 0.6 is 0 Å². The summed E-state index contributed by atoms with van der Waals surface area (Å²) in [4.78, 5) is 45.8. The van der Waals surface area contributed by atoms with Crippen molar-refractivity contribution in [3.63, 3.8) is 0 Å². The molecule has 2 heterocycles. The SMILES string of the molecule is C[N+]1(CC[N+]2(C)CC(=O)NC(=O)C2)CC(=O)NC(=O)C1. The van der Waals surface area contributed by atoms with Crippen LogP contribution in [0.2, 0.25) is 0 Å². The second-order valence-corrected chi connectivity index (χ2v) is 6.26. The Kier molecular flexibility index (Phi) is 3.61. The number of carbonyl (C=O) groups excluding carboxylic acids is 4. The van der Waals surface area contributed by atoms with E-state index in [1.807, 2.05) is 14.1 Å². The van der Waals surface area contributed by atoms with Crippen LogP contribution in [0.4, 0.5) is 0 Å². The second-order valence-electron chi connectivity index (χ2n) is 6.26. The Hall–Kier alpha value is -1.80. The molecule has 2 aliphatic heterocycles. The van der Waals surface area contributed by atoms with Gasteiger partial charge in [-0.3, -0.25) is 29.8 Å². The molecule has 0 saturated carbocycles. The third kappa shape index (κ3) is 3.40. The molecule has 0 unspecified atom stereocenters. The van der Waals surface area contributed by atoms with Crippen molar-refractivity contribution in [2.24, 2.45) is 0 Å². The fourth-order valence-electron chi connectivity index (χ4n) is 2.77. The van der Waals surface area contributed by atoms with Gasteiger partial charge in [0.25, 0.3) is 23.6 Å². The van der Waals surface area contributed by atoms with E-state index in [0.717, 1.165) is 0 Å². The van der Waals surface area contributed by atoms with Crippen LogP contribution in [0.15, 0.2) is 0 Å². The number of quaternary nitrogens is 2. The predicted molar refractivity (Wildman–Crippen MR) is 67.9 cm³/mol. The number of rotatable bonds is 3. The van der Waals surface area contributed by atoms with E-state index >= 15 is 0 Å². The molecule has 2 N–H and O–H groups in total. The number of imide groups is 2. The van der Waals surface area contributed by atoms with Gasteiger partial charge in [-0.1, -0.05) is 0 Å². The summed E-state index contributed by atoms with van der Waals surface area (Å²) in [5.74, 6) is -1.12. The second kappa shape index (κ2) is 4.95. The first-order valence-electron chi connectivity index (χ1n) is 6.52. The van der Waals surface area contributed by atoms with Crippen molar-refractivity contribution in [1.29, 1.82) is 0 Å². The molecule has 2 aliphatic rings. The summed E-state index contributed by atoms with van der Waals surface area (Å²) in [5, 5.41) is 4.56. The first-order chi connectivity index (χ1) is 9.20. The molecule has 0 spiro atoms. The molecule has 0 aromatic rings. The van der Waals surface area contributed by atoms with Gasteiger partial charge in [0.1, 0.15) is 13.1 Å². The van der Waals surface area contributed by atoms with E-state index < -0.39 is 0 Å². The lowest BCUT2D eigenvalue weighted by Crippen LogP contribution is -2.67. The van der Waals surface area contributed by atoms with Crippen LogP contribution < -0.4 is 10.6 Å². The summed E-state index contributed by atoms with van der Waals surface area (Å²) in [6.07, 6.45) is 0. The molecule has 0 aliphatic carbocycles. The maximum atomic E-state index is 11.5. The molecule has 2 saturated heterocycles. The number of carbonyl (C=O) groups is 4. The largest absolute Gasteiger partial charge is 0.306 e. The Bertz CT molecular complexity index is 412. The topological polar surface area (TPSA) is 92.3 Å². The highest BCUT2D eigenvalue weighted by atomic mass is 16.2. The third-order valence-corrected chi connectivity index (χ3v) is 3.84. The van der Waals surface area contributed by atoms with Gasteiger partial charge in [-0.25, -0.2) is 0 Å².